The first-order valence-corrected chi connectivity index (χ1v) is 8.12. The van der Waals surface area contributed by atoms with Crippen molar-refractivity contribution in [3.63, 3.8) is 0 Å². The van der Waals surface area contributed by atoms with Gasteiger partial charge in [0.15, 0.2) is 0 Å². The maximum absolute atomic E-state index is 13.0. The van der Waals surface area contributed by atoms with Crippen molar-refractivity contribution >= 4 is 11.9 Å². The van der Waals surface area contributed by atoms with Crippen molar-refractivity contribution < 1.29 is 27.5 Å². The summed E-state index contributed by atoms with van der Waals surface area (Å²) in [6, 6.07) is 2.92. The van der Waals surface area contributed by atoms with Crippen LogP contribution in [0, 0.1) is 5.82 Å². The molecule has 1 aromatic rings. The summed E-state index contributed by atoms with van der Waals surface area (Å²) < 4.78 is 51.3. The van der Waals surface area contributed by atoms with E-state index in [1.54, 1.807) is 13.8 Å². The summed E-state index contributed by atoms with van der Waals surface area (Å²) in [5, 5.41) is 14.8. The number of carbonyl (C=O) groups is 1. The number of hydrogen-bond acceptors (Lipinski definition) is 4. The number of aliphatic imine (C=N–C) groups is 1. The molecule has 1 aromatic carbocycles. The first-order chi connectivity index (χ1) is 12.5. The Morgan fingerprint density at radius 3 is 2.41 bits per heavy atom. The largest absolute Gasteiger partial charge is 0.405 e. The van der Waals surface area contributed by atoms with Gasteiger partial charge < -0.3 is 15.7 Å². The SMILES string of the molecule is CC(C)(CO)N/C(=N/C(=O)c1ccc(F)cc1)NC1CC(C(F)(F)F)NN1. The van der Waals surface area contributed by atoms with E-state index in [1.807, 2.05) is 0 Å². The Balaban J connectivity index is 2.16. The molecule has 0 aliphatic carbocycles. The van der Waals surface area contributed by atoms with Crippen molar-refractivity contribution in [2.24, 2.45) is 4.99 Å². The minimum Gasteiger partial charge on any atom is -0.394 e. The molecule has 0 spiro atoms. The van der Waals surface area contributed by atoms with Gasteiger partial charge >= 0.3 is 6.18 Å². The molecule has 1 aliphatic heterocycles. The van der Waals surface area contributed by atoms with Crippen LogP contribution in [0.2, 0.25) is 0 Å². The highest BCUT2D eigenvalue weighted by Gasteiger charge is 2.44. The molecule has 2 atom stereocenters. The lowest BCUT2D eigenvalue weighted by atomic mass is 10.1. The molecule has 1 heterocycles. The summed E-state index contributed by atoms with van der Waals surface area (Å²) in [6.45, 7) is 2.91. The number of carbonyl (C=O) groups excluding carboxylic acids is 1. The second kappa shape index (κ2) is 8.19. The second-order valence-corrected chi connectivity index (χ2v) is 6.75. The first kappa shape index (κ1) is 21.1. The van der Waals surface area contributed by atoms with Crippen LogP contribution >= 0.6 is 0 Å². The van der Waals surface area contributed by atoms with Gasteiger partial charge in [-0.05, 0) is 38.1 Å². The number of aliphatic hydroxyl groups is 1. The lowest BCUT2D eigenvalue weighted by Gasteiger charge is -2.27. The van der Waals surface area contributed by atoms with Gasteiger partial charge in [0.25, 0.3) is 5.91 Å². The van der Waals surface area contributed by atoms with Crippen molar-refractivity contribution in [3.05, 3.63) is 35.6 Å². The van der Waals surface area contributed by atoms with Crippen LogP contribution in [0.25, 0.3) is 0 Å². The predicted octanol–water partition coefficient (Wildman–Crippen LogP) is 1.03. The van der Waals surface area contributed by atoms with Crippen LogP contribution in [0.3, 0.4) is 0 Å². The molecule has 7 nitrogen and oxygen atoms in total. The zero-order valence-corrected chi connectivity index (χ0v) is 14.7. The van der Waals surface area contributed by atoms with E-state index in [0.29, 0.717) is 0 Å². The van der Waals surface area contributed by atoms with Gasteiger partial charge in [0.1, 0.15) is 11.9 Å². The van der Waals surface area contributed by atoms with Crippen LogP contribution < -0.4 is 21.5 Å². The van der Waals surface area contributed by atoms with E-state index in [9.17, 15) is 27.5 Å². The summed E-state index contributed by atoms with van der Waals surface area (Å²) in [5.41, 5.74) is 3.77. The normalized spacial score (nSPS) is 21.2. The van der Waals surface area contributed by atoms with Gasteiger partial charge in [0, 0.05) is 12.0 Å². The summed E-state index contributed by atoms with van der Waals surface area (Å²) in [6.07, 6.45) is -5.63. The van der Waals surface area contributed by atoms with E-state index in [4.69, 9.17) is 0 Å². The number of guanidine groups is 1. The van der Waals surface area contributed by atoms with Crippen LogP contribution in [-0.4, -0.2) is 47.5 Å². The molecule has 0 bridgehead atoms. The fourth-order valence-corrected chi connectivity index (χ4v) is 2.25. The third kappa shape index (κ3) is 6.15. The number of amides is 1. The maximum Gasteiger partial charge on any atom is 0.405 e. The van der Waals surface area contributed by atoms with E-state index >= 15 is 0 Å². The molecular weight excluding hydrogens is 370 g/mol. The molecule has 2 unspecified atom stereocenters. The molecule has 11 heteroatoms. The number of hydrazine groups is 1. The van der Waals surface area contributed by atoms with Crippen LogP contribution in [0.15, 0.2) is 29.3 Å². The van der Waals surface area contributed by atoms with E-state index < -0.39 is 35.6 Å². The number of alkyl halides is 3. The molecule has 1 fully saturated rings. The highest BCUT2D eigenvalue weighted by atomic mass is 19.4. The number of benzene rings is 1. The molecule has 1 saturated heterocycles. The first-order valence-electron chi connectivity index (χ1n) is 8.12. The predicted molar refractivity (Wildman–Crippen MR) is 90.1 cm³/mol. The van der Waals surface area contributed by atoms with Gasteiger partial charge in [-0.25, -0.2) is 15.2 Å². The number of nitrogens with one attached hydrogen (secondary N) is 4. The third-order valence-electron chi connectivity index (χ3n) is 3.77. The van der Waals surface area contributed by atoms with Crippen molar-refractivity contribution in [2.75, 3.05) is 6.61 Å². The maximum atomic E-state index is 13.0. The monoisotopic (exact) mass is 391 g/mol. The van der Waals surface area contributed by atoms with Crippen LogP contribution in [0.4, 0.5) is 17.6 Å². The fourth-order valence-electron chi connectivity index (χ4n) is 2.25. The molecule has 0 saturated carbocycles. The van der Waals surface area contributed by atoms with Gasteiger partial charge in [-0.15, -0.1) is 0 Å². The third-order valence-corrected chi connectivity index (χ3v) is 3.77. The molecule has 2 rings (SSSR count). The summed E-state index contributed by atoms with van der Waals surface area (Å²) >= 11 is 0. The number of nitrogens with zero attached hydrogens (tertiary/aromatic N) is 1. The van der Waals surface area contributed by atoms with Gasteiger partial charge in [0.2, 0.25) is 5.96 Å². The Labute approximate surface area is 153 Å². The Bertz CT molecular complexity index is 691. The van der Waals surface area contributed by atoms with Crippen LogP contribution in [0.5, 0.6) is 0 Å². The zero-order valence-electron chi connectivity index (χ0n) is 14.7. The minimum atomic E-state index is -4.43. The van der Waals surface area contributed by atoms with Crippen LogP contribution in [-0.2, 0) is 0 Å². The fraction of sp³-hybridized carbons (Fsp3) is 0.500. The van der Waals surface area contributed by atoms with E-state index in [-0.39, 0.29) is 24.6 Å². The van der Waals surface area contributed by atoms with E-state index in [1.165, 1.54) is 12.1 Å². The average Bonchev–Trinajstić information content (AvgIpc) is 3.03. The average molecular weight is 391 g/mol. The summed E-state index contributed by atoms with van der Waals surface area (Å²) in [7, 11) is 0. The molecular formula is C16H21F4N5O2. The Morgan fingerprint density at radius 2 is 1.89 bits per heavy atom. The molecule has 27 heavy (non-hydrogen) atoms. The summed E-state index contributed by atoms with van der Waals surface area (Å²) in [4.78, 5) is 16.1. The molecule has 0 radical (unpaired) electrons. The molecule has 1 aliphatic rings. The number of aliphatic hydroxyl groups excluding tert-OH is 1. The van der Waals surface area contributed by atoms with Gasteiger partial charge in [-0.1, -0.05) is 0 Å². The molecule has 0 aromatic heterocycles. The molecule has 1 amide bonds. The van der Waals surface area contributed by atoms with E-state index in [2.05, 4.69) is 26.5 Å². The van der Waals surface area contributed by atoms with Crippen LogP contribution in [0.1, 0.15) is 30.6 Å². The van der Waals surface area contributed by atoms with Gasteiger partial charge in [-0.3, -0.25) is 4.79 Å². The molecule has 5 N–H and O–H groups in total. The topological polar surface area (TPSA) is 97.8 Å². The lowest BCUT2D eigenvalue weighted by molar-refractivity contribution is -0.153. The summed E-state index contributed by atoms with van der Waals surface area (Å²) in [5.74, 6) is -1.37. The Kier molecular flexibility index (Phi) is 6.39. The quantitative estimate of drug-likeness (QED) is 0.299. The van der Waals surface area contributed by atoms with Gasteiger partial charge in [-0.2, -0.15) is 18.2 Å². The van der Waals surface area contributed by atoms with Crippen molar-refractivity contribution in [3.8, 4) is 0 Å². The zero-order chi connectivity index (χ0) is 20.2. The Morgan fingerprint density at radius 1 is 1.26 bits per heavy atom. The van der Waals surface area contributed by atoms with Gasteiger partial charge in [0.05, 0.1) is 18.3 Å². The smallest absolute Gasteiger partial charge is 0.394 e. The number of hydrogen-bond donors (Lipinski definition) is 5. The van der Waals surface area contributed by atoms with Crippen molar-refractivity contribution in [2.45, 2.75) is 44.2 Å². The second-order valence-electron chi connectivity index (χ2n) is 6.75. The molecule has 150 valence electrons. The number of rotatable bonds is 4. The standard InChI is InChI=1S/C16H21F4N5O2/c1-15(2,8-26)23-14(21-12-7-11(24-25-12)16(18,19)20)22-13(27)9-3-5-10(17)6-4-9/h3-6,11-12,24-26H,7-8H2,1-2H3,(H2,21,22,23,27). The van der Waals surface area contributed by atoms with Crippen molar-refractivity contribution in [1.82, 2.24) is 21.5 Å². The van der Waals surface area contributed by atoms with Crippen molar-refractivity contribution in [1.29, 1.82) is 0 Å². The highest BCUT2D eigenvalue weighted by molar-refractivity contribution is 6.02. The lowest BCUT2D eigenvalue weighted by Crippen LogP contribution is -2.56. The highest BCUT2D eigenvalue weighted by Crippen LogP contribution is 2.25. The Hall–Kier alpha value is -2.24. The van der Waals surface area contributed by atoms with E-state index in [0.717, 1.165) is 12.1 Å². The number of halogens is 4. The minimum absolute atomic E-state index is 0.102.